The second-order valence-electron chi connectivity index (χ2n) is 8.90. The van der Waals surface area contributed by atoms with Gasteiger partial charge in [0.05, 0.1) is 6.61 Å². The Morgan fingerprint density at radius 3 is 1.25 bits per heavy atom. The average molecular weight is 465 g/mol. The molecular weight excluding hydrogens is 423 g/mol. The van der Waals surface area contributed by atoms with E-state index in [2.05, 4.69) is 13.8 Å². The standard InChI is InChI=1S/C26H41F5O/c1-3-5-7-9-11-12-14-16-18-20(17-15-13-10-8-6-4-2)19-32-26-24(30)22(28)21(27)23(29)25(26)31/h20H,3-19H2,1-2H3. The summed E-state index contributed by atoms with van der Waals surface area (Å²) in [5.74, 6) is -11.0. The fraction of sp³-hybridized carbons (Fsp3) is 0.769. The van der Waals surface area contributed by atoms with Crippen LogP contribution < -0.4 is 4.74 Å². The predicted octanol–water partition coefficient (Wildman–Crippen LogP) is 9.66. The number of unbranched alkanes of at least 4 members (excludes halogenated alkanes) is 12. The van der Waals surface area contributed by atoms with Crippen LogP contribution in [0.3, 0.4) is 0 Å². The van der Waals surface area contributed by atoms with Gasteiger partial charge >= 0.3 is 0 Å². The van der Waals surface area contributed by atoms with Gasteiger partial charge in [0.2, 0.25) is 29.1 Å². The number of benzene rings is 1. The summed E-state index contributed by atoms with van der Waals surface area (Å²) < 4.78 is 73.1. The Bertz CT molecular complexity index is 606. The molecule has 0 aromatic heterocycles. The van der Waals surface area contributed by atoms with E-state index in [-0.39, 0.29) is 12.5 Å². The number of halogens is 5. The van der Waals surface area contributed by atoms with Gasteiger partial charge in [0.25, 0.3) is 0 Å². The molecule has 0 fully saturated rings. The summed E-state index contributed by atoms with van der Waals surface area (Å²) in [6.45, 7) is 4.32. The lowest BCUT2D eigenvalue weighted by molar-refractivity contribution is 0.200. The molecule has 0 aliphatic rings. The SMILES string of the molecule is CCCCCCCCCCC(CCCCCCCC)COc1c(F)c(F)c(F)c(F)c1F. The molecule has 0 amide bonds. The van der Waals surface area contributed by atoms with Crippen LogP contribution >= 0.6 is 0 Å². The van der Waals surface area contributed by atoms with Crippen molar-refractivity contribution in [1.82, 2.24) is 0 Å². The van der Waals surface area contributed by atoms with Crippen molar-refractivity contribution >= 4 is 0 Å². The van der Waals surface area contributed by atoms with Crippen molar-refractivity contribution in [1.29, 1.82) is 0 Å². The van der Waals surface area contributed by atoms with E-state index in [1.807, 2.05) is 0 Å². The zero-order valence-corrected chi connectivity index (χ0v) is 19.9. The average Bonchev–Trinajstić information content (AvgIpc) is 2.79. The van der Waals surface area contributed by atoms with E-state index in [4.69, 9.17) is 4.74 Å². The molecule has 0 N–H and O–H groups in total. The van der Waals surface area contributed by atoms with Gasteiger partial charge in [-0.25, -0.2) is 13.2 Å². The highest BCUT2D eigenvalue weighted by Crippen LogP contribution is 2.30. The van der Waals surface area contributed by atoms with E-state index in [0.717, 1.165) is 51.4 Å². The lowest BCUT2D eigenvalue weighted by atomic mass is 9.94. The van der Waals surface area contributed by atoms with E-state index in [1.165, 1.54) is 51.4 Å². The van der Waals surface area contributed by atoms with Crippen molar-refractivity contribution in [3.63, 3.8) is 0 Å². The lowest BCUT2D eigenvalue weighted by Crippen LogP contribution is -2.15. The van der Waals surface area contributed by atoms with Crippen LogP contribution in [0.15, 0.2) is 0 Å². The Kier molecular flexibility index (Phi) is 15.4. The number of hydrogen-bond acceptors (Lipinski definition) is 1. The molecule has 6 heteroatoms. The minimum Gasteiger partial charge on any atom is -0.487 e. The first-order valence-corrected chi connectivity index (χ1v) is 12.6. The third kappa shape index (κ3) is 10.5. The molecule has 1 aromatic rings. The molecule has 0 aliphatic heterocycles. The highest BCUT2D eigenvalue weighted by Gasteiger charge is 2.27. The Balaban J connectivity index is 2.55. The summed E-state index contributed by atoms with van der Waals surface area (Å²) in [4.78, 5) is 0. The molecule has 1 rings (SSSR count). The van der Waals surface area contributed by atoms with Crippen LogP contribution in [-0.2, 0) is 0 Å². The Hall–Kier alpha value is -1.33. The van der Waals surface area contributed by atoms with Gasteiger partial charge in [0.1, 0.15) is 0 Å². The van der Waals surface area contributed by atoms with Gasteiger partial charge in [-0.2, -0.15) is 8.78 Å². The topological polar surface area (TPSA) is 9.23 Å². The molecule has 0 bridgehead atoms. The molecule has 32 heavy (non-hydrogen) atoms. The molecular formula is C26H41F5O. The Morgan fingerprint density at radius 2 is 0.844 bits per heavy atom. The molecule has 0 spiro atoms. The lowest BCUT2D eigenvalue weighted by Gasteiger charge is -2.19. The van der Waals surface area contributed by atoms with Gasteiger partial charge in [0.15, 0.2) is 5.75 Å². The molecule has 1 nitrogen and oxygen atoms in total. The molecule has 0 saturated carbocycles. The summed E-state index contributed by atoms with van der Waals surface area (Å²) in [6, 6.07) is 0. The Labute approximate surface area is 191 Å². The quantitative estimate of drug-likeness (QED) is 0.0857. The molecule has 0 heterocycles. The van der Waals surface area contributed by atoms with Crippen LogP contribution in [0.25, 0.3) is 0 Å². The van der Waals surface area contributed by atoms with Crippen LogP contribution in [-0.4, -0.2) is 6.61 Å². The highest BCUT2D eigenvalue weighted by atomic mass is 19.2. The zero-order chi connectivity index (χ0) is 23.8. The van der Waals surface area contributed by atoms with Gasteiger partial charge in [-0.3, -0.25) is 0 Å². The largest absolute Gasteiger partial charge is 0.487 e. The van der Waals surface area contributed by atoms with Crippen LogP contribution in [0.1, 0.15) is 117 Å². The fourth-order valence-corrected chi connectivity index (χ4v) is 4.00. The molecule has 186 valence electrons. The van der Waals surface area contributed by atoms with E-state index >= 15 is 0 Å². The zero-order valence-electron chi connectivity index (χ0n) is 19.9. The first kappa shape index (κ1) is 28.7. The molecule has 1 atom stereocenters. The number of rotatable bonds is 19. The van der Waals surface area contributed by atoms with E-state index in [1.54, 1.807) is 0 Å². The molecule has 0 radical (unpaired) electrons. The first-order valence-electron chi connectivity index (χ1n) is 12.6. The normalized spacial score (nSPS) is 12.3. The number of ether oxygens (including phenoxy) is 1. The van der Waals surface area contributed by atoms with Crippen molar-refractivity contribution in [2.75, 3.05) is 6.61 Å². The summed E-state index contributed by atoms with van der Waals surface area (Å²) in [5, 5.41) is 0. The molecule has 0 saturated heterocycles. The summed E-state index contributed by atoms with van der Waals surface area (Å²) >= 11 is 0. The van der Waals surface area contributed by atoms with E-state index in [9.17, 15) is 22.0 Å². The minimum absolute atomic E-state index is 0.0379. The van der Waals surface area contributed by atoms with Crippen LogP contribution in [0.5, 0.6) is 5.75 Å². The van der Waals surface area contributed by atoms with Crippen LogP contribution in [0.2, 0.25) is 0 Å². The van der Waals surface area contributed by atoms with E-state index < -0.39 is 34.8 Å². The second kappa shape index (κ2) is 17.2. The third-order valence-corrected chi connectivity index (χ3v) is 6.06. The van der Waals surface area contributed by atoms with Crippen molar-refractivity contribution in [3.8, 4) is 5.75 Å². The summed E-state index contributed by atoms with van der Waals surface area (Å²) in [5.41, 5.74) is 0. The van der Waals surface area contributed by atoms with Gasteiger partial charge in [-0.05, 0) is 18.8 Å². The predicted molar refractivity (Wildman–Crippen MR) is 120 cm³/mol. The number of hydrogen-bond donors (Lipinski definition) is 0. The van der Waals surface area contributed by atoms with Crippen molar-refractivity contribution in [3.05, 3.63) is 29.1 Å². The maximum atomic E-state index is 13.9. The third-order valence-electron chi connectivity index (χ3n) is 6.06. The molecule has 1 unspecified atom stereocenters. The fourth-order valence-electron chi connectivity index (χ4n) is 4.00. The molecule has 0 aliphatic carbocycles. The summed E-state index contributed by atoms with van der Waals surface area (Å²) in [6.07, 6.45) is 17.9. The van der Waals surface area contributed by atoms with Gasteiger partial charge < -0.3 is 4.74 Å². The Morgan fingerprint density at radius 1 is 0.500 bits per heavy atom. The summed E-state index contributed by atoms with van der Waals surface area (Å²) in [7, 11) is 0. The first-order chi connectivity index (χ1) is 15.4. The van der Waals surface area contributed by atoms with Crippen LogP contribution in [0.4, 0.5) is 22.0 Å². The maximum absolute atomic E-state index is 13.9. The minimum atomic E-state index is -2.16. The maximum Gasteiger partial charge on any atom is 0.206 e. The highest BCUT2D eigenvalue weighted by molar-refractivity contribution is 5.29. The monoisotopic (exact) mass is 464 g/mol. The van der Waals surface area contributed by atoms with Gasteiger partial charge in [-0.1, -0.05) is 104 Å². The van der Waals surface area contributed by atoms with Crippen molar-refractivity contribution < 1.29 is 26.7 Å². The molecule has 1 aromatic carbocycles. The van der Waals surface area contributed by atoms with Gasteiger partial charge in [-0.15, -0.1) is 0 Å². The smallest absolute Gasteiger partial charge is 0.206 e. The second-order valence-corrected chi connectivity index (χ2v) is 8.90. The van der Waals surface area contributed by atoms with Crippen molar-refractivity contribution in [2.24, 2.45) is 5.92 Å². The van der Waals surface area contributed by atoms with Gasteiger partial charge in [0, 0.05) is 0 Å². The van der Waals surface area contributed by atoms with E-state index in [0.29, 0.717) is 0 Å². The van der Waals surface area contributed by atoms with Crippen LogP contribution in [0, 0.1) is 35.0 Å². The van der Waals surface area contributed by atoms with Crippen molar-refractivity contribution in [2.45, 2.75) is 117 Å².